The molecule has 0 aliphatic rings. The molecule has 3 N–H and O–H groups in total. The number of nitrogens with zero attached hydrogens (tertiary/aromatic N) is 3. The normalized spacial score (nSPS) is 10.5. The lowest BCUT2D eigenvalue weighted by Crippen LogP contribution is -2.24. The third-order valence-electron chi connectivity index (χ3n) is 2.92. The Kier molecular flexibility index (Phi) is 6.14. The van der Waals surface area contributed by atoms with Crippen molar-refractivity contribution in [3.05, 3.63) is 66.7 Å². The van der Waals surface area contributed by atoms with Gasteiger partial charge in [0.25, 0.3) is 5.69 Å². The molecule has 12 heteroatoms. The zero-order chi connectivity index (χ0) is 19.3. The van der Waals surface area contributed by atoms with Crippen molar-refractivity contribution in [2.45, 2.75) is 0 Å². The van der Waals surface area contributed by atoms with E-state index < -0.39 is 21.2 Å². The number of thiocarbonyl (C=S) groups is 1. The van der Waals surface area contributed by atoms with Gasteiger partial charge in [0, 0.05) is 16.1 Å². The third-order valence-corrected chi connectivity index (χ3v) is 3.50. The second-order valence-corrected chi connectivity index (χ2v) is 6.04. The van der Waals surface area contributed by atoms with Crippen LogP contribution in [0.15, 0.2) is 46.0 Å². The molecule has 0 amide bonds. The van der Waals surface area contributed by atoms with Gasteiger partial charge in [-0.3, -0.25) is 25.7 Å². The van der Waals surface area contributed by atoms with Gasteiger partial charge in [-0.2, -0.15) is 5.10 Å². The summed E-state index contributed by atoms with van der Waals surface area (Å²) >= 11 is 7.93. The van der Waals surface area contributed by atoms with Crippen LogP contribution in [0.1, 0.15) is 5.56 Å². The average molecular weight is 440 g/mol. The summed E-state index contributed by atoms with van der Waals surface area (Å²) in [5, 5.41) is 25.8. The molecule has 2 aromatic carbocycles. The van der Waals surface area contributed by atoms with Gasteiger partial charge < -0.3 is 10.5 Å². The number of non-ortho nitro benzene ring substituents is 1. The number of halogens is 1. The first-order valence-electron chi connectivity index (χ1n) is 6.76. The molecule has 0 aliphatic carbocycles. The Morgan fingerprint density at radius 1 is 1.19 bits per heavy atom. The molecule has 0 saturated heterocycles. The maximum atomic E-state index is 11.2. The smallest absolute Gasteiger partial charge is 0.318 e. The molecule has 0 saturated carbocycles. The summed E-state index contributed by atoms with van der Waals surface area (Å²) in [6, 6.07) is 7.96. The van der Waals surface area contributed by atoms with Crippen molar-refractivity contribution < 1.29 is 14.6 Å². The number of benzene rings is 2. The average Bonchev–Trinajstić information content (AvgIpc) is 2.56. The molecule has 0 spiro atoms. The number of nitro benzene ring substituents is 2. The standard InChI is InChI=1S/C14H10BrN5O5S/c15-9-1-3-12(8(5-9)7-17-18-14(16)26)25-13-4-2-10(19(21)22)6-11(13)20(23)24/h1-7H,(H3,16,18,26). The minimum Gasteiger partial charge on any atom is -0.449 e. The van der Waals surface area contributed by atoms with Gasteiger partial charge in [-0.25, -0.2) is 0 Å². The van der Waals surface area contributed by atoms with Crippen LogP contribution in [-0.4, -0.2) is 21.2 Å². The van der Waals surface area contributed by atoms with Crippen LogP contribution in [0.25, 0.3) is 0 Å². The summed E-state index contributed by atoms with van der Waals surface area (Å²) in [5.74, 6) is 0.0820. The lowest BCUT2D eigenvalue weighted by Gasteiger charge is -2.09. The fourth-order valence-corrected chi connectivity index (χ4v) is 2.28. The van der Waals surface area contributed by atoms with E-state index in [4.69, 9.17) is 10.5 Å². The molecular formula is C14H10BrN5O5S. The van der Waals surface area contributed by atoms with Gasteiger partial charge in [-0.1, -0.05) is 15.9 Å². The Morgan fingerprint density at radius 3 is 2.50 bits per heavy atom. The first kappa shape index (κ1) is 19.2. The fourth-order valence-electron chi connectivity index (χ4n) is 1.85. The molecule has 0 atom stereocenters. The molecule has 0 aromatic heterocycles. The van der Waals surface area contributed by atoms with Crippen molar-refractivity contribution in [3.8, 4) is 11.5 Å². The molecule has 0 unspecified atom stereocenters. The second kappa shape index (κ2) is 8.31. The van der Waals surface area contributed by atoms with Crippen LogP contribution in [0, 0.1) is 20.2 Å². The van der Waals surface area contributed by atoms with Crippen molar-refractivity contribution in [2.75, 3.05) is 0 Å². The summed E-state index contributed by atoms with van der Waals surface area (Å²) in [5.41, 5.74) is 7.16. The van der Waals surface area contributed by atoms with Gasteiger partial charge in [0.15, 0.2) is 5.11 Å². The number of nitro groups is 2. The molecule has 2 rings (SSSR count). The van der Waals surface area contributed by atoms with Gasteiger partial charge >= 0.3 is 5.69 Å². The quantitative estimate of drug-likeness (QED) is 0.301. The Labute approximate surface area is 160 Å². The number of rotatable bonds is 6. The number of hydrogen-bond acceptors (Lipinski definition) is 7. The third kappa shape index (κ3) is 4.94. The Morgan fingerprint density at radius 2 is 1.88 bits per heavy atom. The molecule has 0 fully saturated rings. The molecule has 0 bridgehead atoms. The van der Waals surface area contributed by atoms with Crippen molar-refractivity contribution in [2.24, 2.45) is 10.8 Å². The second-order valence-electron chi connectivity index (χ2n) is 4.68. The monoisotopic (exact) mass is 439 g/mol. The molecular weight excluding hydrogens is 430 g/mol. The van der Waals surface area contributed by atoms with E-state index >= 15 is 0 Å². The van der Waals surface area contributed by atoms with Crippen LogP contribution < -0.4 is 15.9 Å². The summed E-state index contributed by atoms with van der Waals surface area (Å²) in [7, 11) is 0. The molecule has 0 aliphatic heterocycles. The number of hydrazone groups is 1. The van der Waals surface area contributed by atoms with Crippen LogP contribution >= 0.6 is 28.1 Å². The zero-order valence-corrected chi connectivity index (χ0v) is 15.2. The molecule has 0 radical (unpaired) electrons. The zero-order valence-electron chi connectivity index (χ0n) is 12.8. The maximum Gasteiger partial charge on any atom is 0.318 e. The van der Waals surface area contributed by atoms with E-state index in [0.717, 1.165) is 18.2 Å². The number of nitrogens with two attached hydrogens (primary N) is 1. The Hall–Kier alpha value is -3.12. The highest BCUT2D eigenvalue weighted by molar-refractivity contribution is 9.10. The summed E-state index contributed by atoms with van der Waals surface area (Å²) < 4.78 is 6.29. The summed E-state index contributed by atoms with van der Waals surface area (Å²) in [4.78, 5) is 20.5. The van der Waals surface area contributed by atoms with Gasteiger partial charge in [0.1, 0.15) is 5.75 Å². The van der Waals surface area contributed by atoms with E-state index in [2.05, 4.69) is 38.7 Å². The first-order chi connectivity index (χ1) is 12.3. The predicted octanol–water partition coefficient (Wildman–Crippen LogP) is 3.22. The van der Waals surface area contributed by atoms with Crippen LogP contribution in [0.3, 0.4) is 0 Å². The van der Waals surface area contributed by atoms with E-state index in [0.29, 0.717) is 10.0 Å². The van der Waals surface area contributed by atoms with E-state index in [1.807, 2.05) is 0 Å². The highest BCUT2D eigenvalue weighted by atomic mass is 79.9. The largest absolute Gasteiger partial charge is 0.449 e. The first-order valence-corrected chi connectivity index (χ1v) is 7.97. The molecule has 10 nitrogen and oxygen atoms in total. The molecule has 2 aromatic rings. The molecule has 0 heterocycles. The van der Waals surface area contributed by atoms with Crippen LogP contribution in [0.5, 0.6) is 11.5 Å². The van der Waals surface area contributed by atoms with Gasteiger partial charge in [-0.15, -0.1) is 0 Å². The van der Waals surface area contributed by atoms with Crippen LogP contribution in [0.2, 0.25) is 0 Å². The van der Waals surface area contributed by atoms with E-state index in [-0.39, 0.29) is 16.6 Å². The van der Waals surface area contributed by atoms with Crippen LogP contribution in [0.4, 0.5) is 11.4 Å². The highest BCUT2D eigenvalue weighted by Crippen LogP contribution is 2.35. The summed E-state index contributed by atoms with van der Waals surface area (Å²) in [6.07, 6.45) is 1.36. The number of ether oxygens (including phenoxy) is 1. The minimum atomic E-state index is -0.761. The van der Waals surface area contributed by atoms with Crippen molar-refractivity contribution >= 4 is 50.8 Å². The Balaban J connectivity index is 2.42. The minimum absolute atomic E-state index is 0.0373. The van der Waals surface area contributed by atoms with Gasteiger partial charge in [-0.05, 0) is 36.5 Å². The van der Waals surface area contributed by atoms with Crippen molar-refractivity contribution in [1.29, 1.82) is 0 Å². The number of nitrogens with one attached hydrogen (secondary N) is 1. The maximum absolute atomic E-state index is 11.2. The van der Waals surface area contributed by atoms with E-state index in [1.165, 1.54) is 6.21 Å². The molecule has 134 valence electrons. The highest BCUT2D eigenvalue weighted by Gasteiger charge is 2.21. The topological polar surface area (TPSA) is 146 Å². The Bertz CT molecular complexity index is 921. The SMILES string of the molecule is NC(=S)NN=Cc1cc(Br)ccc1Oc1ccc([N+](=O)[O-])cc1[N+](=O)[O-]. The van der Waals surface area contributed by atoms with E-state index in [9.17, 15) is 20.2 Å². The van der Waals surface area contributed by atoms with Gasteiger partial charge in [0.2, 0.25) is 5.75 Å². The van der Waals surface area contributed by atoms with Crippen molar-refractivity contribution in [1.82, 2.24) is 5.43 Å². The van der Waals surface area contributed by atoms with Crippen molar-refractivity contribution in [3.63, 3.8) is 0 Å². The lowest BCUT2D eigenvalue weighted by molar-refractivity contribution is -0.394. The number of hydrogen-bond donors (Lipinski definition) is 2. The molecule has 26 heavy (non-hydrogen) atoms. The lowest BCUT2D eigenvalue weighted by atomic mass is 10.2. The van der Waals surface area contributed by atoms with E-state index in [1.54, 1.807) is 18.2 Å². The predicted molar refractivity (Wildman–Crippen MR) is 101 cm³/mol. The fraction of sp³-hybridized carbons (Fsp3) is 0. The summed E-state index contributed by atoms with van der Waals surface area (Å²) in [6.45, 7) is 0. The van der Waals surface area contributed by atoms with Gasteiger partial charge in [0.05, 0.1) is 22.1 Å². The van der Waals surface area contributed by atoms with Crippen LogP contribution in [-0.2, 0) is 0 Å².